The second kappa shape index (κ2) is 5.65. The van der Waals surface area contributed by atoms with Crippen LogP contribution >= 0.6 is 15.9 Å². The van der Waals surface area contributed by atoms with Crippen LogP contribution in [-0.2, 0) is 14.0 Å². The van der Waals surface area contributed by atoms with E-state index in [1.165, 1.54) is 0 Å². The molecule has 0 aliphatic rings. The van der Waals surface area contributed by atoms with Crippen LogP contribution in [0.2, 0.25) is 19.6 Å². The second-order valence-electron chi connectivity index (χ2n) is 4.71. The molecule has 0 spiro atoms. The minimum Gasteiger partial charge on any atom is -0.515 e. The molecule has 0 aromatic heterocycles. The summed E-state index contributed by atoms with van der Waals surface area (Å²) >= 11 is 1.04. The Morgan fingerprint density at radius 2 is 1.33 bits per heavy atom. The van der Waals surface area contributed by atoms with Crippen LogP contribution in [0.3, 0.4) is 0 Å². The molecule has 0 rings (SSSR count). The molecule has 0 amide bonds. The molecule has 0 radical (unpaired) electrons. The first kappa shape index (κ1) is 20.6. The molecular formula is C8H9BrF8O3Si. The van der Waals surface area contributed by atoms with Crippen molar-refractivity contribution in [3.05, 3.63) is 0 Å². The first-order chi connectivity index (χ1) is 8.83. The zero-order valence-electron chi connectivity index (χ0n) is 10.6. The lowest BCUT2D eigenvalue weighted by Gasteiger charge is -2.32. The predicted molar refractivity (Wildman–Crippen MR) is 59.2 cm³/mol. The van der Waals surface area contributed by atoms with Crippen molar-refractivity contribution in [3.63, 3.8) is 0 Å². The molecule has 0 aromatic carbocycles. The Balaban J connectivity index is 5.66. The van der Waals surface area contributed by atoms with Gasteiger partial charge in [0.05, 0.1) is 0 Å². The van der Waals surface area contributed by atoms with Crippen molar-refractivity contribution >= 4 is 30.2 Å². The van der Waals surface area contributed by atoms with Crippen LogP contribution in [-0.4, -0.2) is 37.3 Å². The monoisotopic (exact) mass is 412 g/mol. The zero-order valence-corrected chi connectivity index (χ0v) is 13.2. The molecular weight excluding hydrogens is 404 g/mol. The summed E-state index contributed by atoms with van der Waals surface area (Å²) < 4.78 is 108. The molecule has 0 saturated heterocycles. The molecule has 0 N–H and O–H groups in total. The molecule has 3 nitrogen and oxygen atoms in total. The summed E-state index contributed by atoms with van der Waals surface area (Å²) in [5.41, 5.74) is 0. The minimum absolute atomic E-state index is 1.04. The van der Waals surface area contributed by atoms with E-state index >= 15 is 0 Å². The van der Waals surface area contributed by atoms with Gasteiger partial charge in [0, 0.05) is 15.9 Å². The van der Waals surface area contributed by atoms with Gasteiger partial charge in [-0.05, 0) is 19.6 Å². The summed E-state index contributed by atoms with van der Waals surface area (Å²) in [6.07, 6.45) is -12.3. The third-order valence-corrected chi connectivity index (χ3v) is 2.88. The van der Waals surface area contributed by atoms with Crippen LogP contribution in [0.25, 0.3) is 0 Å². The normalized spacial score (nSPS) is 17.3. The van der Waals surface area contributed by atoms with E-state index in [0.717, 1.165) is 35.6 Å². The summed E-state index contributed by atoms with van der Waals surface area (Å²) in [4.78, 5) is 5.79. The van der Waals surface area contributed by atoms with Crippen molar-refractivity contribution in [1.82, 2.24) is 0 Å². The first-order valence-electron chi connectivity index (χ1n) is 4.97. The molecule has 0 unspecified atom stereocenters. The van der Waals surface area contributed by atoms with Crippen LogP contribution in [0, 0.1) is 0 Å². The molecule has 1 atom stereocenters. The molecule has 21 heavy (non-hydrogen) atoms. The molecule has 0 aromatic rings. The third kappa shape index (κ3) is 5.05. The molecule has 0 saturated carbocycles. The Kier molecular flexibility index (Phi) is 5.53. The molecule has 0 aliphatic carbocycles. The van der Waals surface area contributed by atoms with Gasteiger partial charge in [-0.25, -0.2) is 4.79 Å². The van der Waals surface area contributed by atoms with Gasteiger partial charge in [-0.15, -0.1) is 0 Å². The number of carbonyl (C=O) groups is 1. The maximum atomic E-state index is 13.6. The van der Waals surface area contributed by atoms with Crippen molar-refractivity contribution in [2.45, 2.75) is 42.6 Å². The van der Waals surface area contributed by atoms with Crippen LogP contribution in [0.1, 0.15) is 0 Å². The van der Waals surface area contributed by atoms with Gasteiger partial charge < -0.3 is 4.43 Å². The summed E-state index contributed by atoms with van der Waals surface area (Å²) in [7, 11) is -3.14. The number of halogens is 9. The third-order valence-electron chi connectivity index (χ3n) is 1.62. The van der Waals surface area contributed by atoms with Crippen molar-refractivity contribution in [1.29, 1.82) is 0 Å². The van der Waals surface area contributed by atoms with Crippen LogP contribution < -0.4 is 0 Å². The number of hydrogen-bond acceptors (Lipinski definition) is 3. The summed E-state index contributed by atoms with van der Waals surface area (Å²) in [5.74, 6) is -8.61. The topological polar surface area (TPSA) is 35.5 Å². The average Bonchev–Trinajstić information content (AvgIpc) is 2.09. The van der Waals surface area contributed by atoms with E-state index in [2.05, 4.69) is 9.16 Å². The van der Waals surface area contributed by atoms with Gasteiger partial charge in [-0.3, -0.25) is 4.74 Å². The van der Waals surface area contributed by atoms with Crippen molar-refractivity contribution in [2.24, 2.45) is 0 Å². The van der Waals surface area contributed by atoms with Gasteiger partial charge in [0.1, 0.15) is 0 Å². The van der Waals surface area contributed by atoms with Gasteiger partial charge in [-0.2, -0.15) is 35.1 Å². The molecule has 0 heterocycles. The standard InChI is InChI=1S/C8H9BrF8O3Si/c1-21(2,3)19-4(18)5(10,7(13,14)15)20-8(16,17)6(9,11)12/h1-3H3/t5-/m1/s1. The first-order valence-corrected chi connectivity index (χ1v) is 9.17. The van der Waals surface area contributed by atoms with Gasteiger partial charge in [0.15, 0.2) is 0 Å². The van der Waals surface area contributed by atoms with Gasteiger partial charge >= 0.3 is 28.9 Å². The molecule has 126 valence electrons. The average molecular weight is 413 g/mol. The van der Waals surface area contributed by atoms with Crippen LogP contribution in [0.15, 0.2) is 0 Å². The molecule has 13 heteroatoms. The smallest absolute Gasteiger partial charge is 0.460 e. The molecule has 0 bridgehead atoms. The minimum atomic E-state index is -6.36. The van der Waals surface area contributed by atoms with E-state index in [0.29, 0.717) is 0 Å². The fourth-order valence-corrected chi connectivity index (χ4v) is 1.56. The summed E-state index contributed by atoms with van der Waals surface area (Å²) in [6.45, 7) is 3.41. The molecule has 0 fully saturated rings. The van der Waals surface area contributed by atoms with Gasteiger partial charge in [0.25, 0.3) is 0 Å². The number of rotatable bonds is 5. The van der Waals surface area contributed by atoms with Crippen molar-refractivity contribution in [2.75, 3.05) is 0 Å². The molecule has 0 aliphatic heterocycles. The Morgan fingerprint density at radius 3 is 1.57 bits per heavy atom. The largest absolute Gasteiger partial charge is 0.515 e. The van der Waals surface area contributed by atoms with E-state index in [4.69, 9.17) is 0 Å². The highest BCUT2D eigenvalue weighted by Gasteiger charge is 2.73. The van der Waals surface area contributed by atoms with Crippen LogP contribution in [0.4, 0.5) is 35.1 Å². The highest BCUT2D eigenvalue weighted by Crippen LogP contribution is 2.47. The fraction of sp³-hybridized carbons (Fsp3) is 0.875. The van der Waals surface area contributed by atoms with Crippen LogP contribution in [0.5, 0.6) is 0 Å². The number of carbonyl (C=O) groups excluding carboxylic acids is 1. The van der Waals surface area contributed by atoms with Gasteiger partial charge in [0.2, 0.25) is 8.32 Å². The number of alkyl halides is 9. The Labute approximate surface area is 122 Å². The highest BCUT2D eigenvalue weighted by molar-refractivity contribution is 9.10. The maximum Gasteiger partial charge on any atom is 0.460 e. The van der Waals surface area contributed by atoms with E-state index in [1.807, 2.05) is 0 Å². The second-order valence-corrected chi connectivity index (χ2v) is 10.1. The lowest BCUT2D eigenvalue weighted by atomic mass is 10.3. The Morgan fingerprint density at radius 1 is 0.952 bits per heavy atom. The highest BCUT2D eigenvalue weighted by atomic mass is 79.9. The summed E-state index contributed by atoms with van der Waals surface area (Å²) in [6, 6.07) is 0. The SMILES string of the molecule is C[Si](C)(C)OC(=O)[C@@](F)(OC(F)(F)C(F)(F)Br)C(F)(F)F. The van der Waals surface area contributed by atoms with E-state index < -0.39 is 37.3 Å². The fourth-order valence-electron chi connectivity index (χ4n) is 0.793. The van der Waals surface area contributed by atoms with Crippen molar-refractivity contribution in [3.8, 4) is 0 Å². The number of hydrogen-bond donors (Lipinski definition) is 0. The Hall–Kier alpha value is -0.433. The predicted octanol–water partition coefficient (Wildman–Crippen LogP) is 4.19. The van der Waals surface area contributed by atoms with E-state index in [-0.39, 0.29) is 0 Å². The maximum absolute atomic E-state index is 13.6. The summed E-state index contributed by atoms with van der Waals surface area (Å²) in [5, 5.41) is 0. The number of ether oxygens (including phenoxy) is 1. The Bertz CT molecular complexity index is 402. The zero-order chi connectivity index (χ0) is 17.5. The van der Waals surface area contributed by atoms with E-state index in [1.54, 1.807) is 0 Å². The van der Waals surface area contributed by atoms with Gasteiger partial charge in [-0.1, -0.05) is 0 Å². The van der Waals surface area contributed by atoms with Crippen molar-refractivity contribution < 1.29 is 49.1 Å². The quantitative estimate of drug-likeness (QED) is 0.385. The van der Waals surface area contributed by atoms with E-state index in [9.17, 15) is 39.9 Å². The lowest BCUT2D eigenvalue weighted by Crippen LogP contribution is -2.58. The lowest BCUT2D eigenvalue weighted by molar-refractivity contribution is -0.423.